The quantitative estimate of drug-likeness (QED) is 0.703. The molecule has 0 fully saturated rings. The molecule has 0 radical (unpaired) electrons. The van der Waals surface area contributed by atoms with E-state index in [9.17, 15) is 0 Å². The first kappa shape index (κ1) is 8.57. The van der Waals surface area contributed by atoms with Gasteiger partial charge in [0, 0.05) is 25.3 Å². The van der Waals surface area contributed by atoms with Gasteiger partial charge in [-0.1, -0.05) is 18.2 Å². The monoisotopic (exact) mass is 176 g/mol. The number of anilines is 1. The van der Waals surface area contributed by atoms with E-state index < -0.39 is 0 Å². The molecule has 1 unspecified atom stereocenters. The van der Waals surface area contributed by atoms with Gasteiger partial charge in [-0.3, -0.25) is 0 Å². The molecule has 0 spiro atoms. The summed E-state index contributed by atoms with van der Waals surface area (Å²) in [4.78, 5) is 2.33. The van der Waals surface area contributed by atoms with E-state index in [1.54, 1.807) is 0 Å². The summed E-state index contributed by atoms with van der Waals surface area (Å²) in [5.41, 5.74) is 9.77. The Balaban J connectivity index is 2.51. The van der Waals surface area contributed by atoms with E-state index in [0.717, 1.165) is 6.42 Å². The average Bonchev–Trinajstić information content (AvgIpc) is 2.43. The number of para-hydroxylation sites is 1. The minimum Gasteiger partial charge on any atom is -0.371 e. The third-order valence-electron chi connectivity index (χ3n) is 2.95. The van der Waals surface area contributed by atoms with Crippen LogP contribution in [0.1, 0.15) is 18.1 Å². The predicted octanol–water partition coefficient (Wildman–Crippen LogP) is 1.53. The Labute approximate surface area is 79.4 Å². The van der Waals surface area contributed by atoms with Crippen LogP contribution in [0, 0.1) is 0 Å². The normalized spacial score (nSPS) is 20.5. The number of rotatable bonds is 1. The second-order valence-corrected chi connectivity index (χ2v) is 3.79. The van der Waals surface area contributed by atoms with Crippen molar-refractivity contribution in [2.45, 2.75) is 25.9 Å². The minimum absolute atomic E-state index is 0.614. The molecule has 0 aromatic heterocycles. The summed E-state index contributed by atoms with van der Waals surface area (Å²) in [6, 6.07) is 7.04. The van der Waals surface area contributed by atoms with Gasteiger partial charge in [-0.15, -0.1) is 0 Å². The fourth-order valence-electron chi connectivity index (χ4n) is 2.10. The van der Waals surface area contributed by atoms with Gasteiger partial charge < -0.3 is 10.6 Å². The zero-order valence-corrected chi connectivity index (χ0v) is 8.25. The number of hydrogen-bond acceptors (Lipinski definition) is 2. The van der Waals surface area contributed by atoms with E-state index in [4.69, 9.17) is 5.73 Å². The lowest BCUT2D eigenvalue weighted by Gasteiger charge is -2.20. The van der Waals surface area contributed by atoms with E-state index >= 15 is 0 Å². The van der Waals surface area contributed by atoms with Gasteiger partial charge >= 0.3 is 0 Å². The maximum Gasteiger partial charge on any atom is 0.0445 e. The number of nitrogens with zero attached hydrogens (tertiary/aromatic N) is 1. The van der Waals surface area contributed by atoms with Crippen LogP contribution in [0.3, 0.4) is 0 Å². The van der Waals surface area contributed by atoms with Crippen LogP contribution in [0.5, 0.6) is 0 Å². The zero-order chi connectivity index (χ0) is 9.42. The van der Waals surface area contributed by atoms with Gasteiger partial charge in [-0.2, -0.15) is 0 Å². The molecule has 0 amide bonds. The van der Waals surface area contributed by atoms with Crippen molar-refractivity contribution in [2.75, 3.05) is 11.9 Å². The molecule has 2 N–H and O–H groups in total. The van der Waals surface area contributed by atoms with Crippen LogP contribution >= 0.6 is 0 Å². The molecule has 0 saturated carbocycles. The number of hydrogen-bond donors (Lipinski definition) is 1. The Morgan fingerprint density at radius 1 is 1.54 bits per heavy atom. The van der Waals surface area contributed by atoms with Gasteiger partial charge in [0.05, 0.1) is 0 Å². The third-order valence-corrected chi connectivity index (χ3v) is 2.95. The summed E-state index contributed by atoms with van der Waals surface area (Å²) in [5.74, 6) is 0. The van der Waals surface area contributed by atoms with Crippen molar-refractivity contribution in [3.8, 4) is 0 Å². The van der Waals surface area contributed by atoms with Crippen molar-refractivity contribution in [1.29, 1.82) is 0 Å². The van der Waals surface area contributed by atoms with Crippen LogP contribution in [0.15, 0.2) is 18.2 Å². The number of fused-ring (bicyclic) bond motifs is 1. The van der Waals surface area contributed by atoms with Crippen LogP contribution in [-0.2, 0) is 13.0 Å². The van der Waals surface area contributed by atoms with Crippen molar-refractivity contribution in [3.05, 3.63) is 29.3 Å². The van der Waals surface area contributed by atoms with Crippen molar-refractivity contribution in [3.63, 3.8) is 0 Å². The van der Waals surface area contributed by atoms with Crippen LogP contribution in [-0.4, -0.2) is 13.1 Å². The molecule has 1 aliphatic rings. The van der Waals surface area contributed by atoms with Gasteiger partial charge in [0.25, 0.3) is 0 Å². The van der Waals surface area contributed by atoms with E-state index in [1.807, 2.05) is 0 Å². The lowest BCUT2D eigenvalue weighted by molar-refractivity contribution is 0.730. The maximum absolute atomic E-state index is 5.70. The van der Waals surface area contributed by atoms with Gasteiger partial charge in [0.1, 0.15) is 0 Å². The first-order chi connectivity index (χ1) is 6.24. The summed E-state index contributed by atoms with van der Waals surface area (Å²) in [5, 5.41) is 0. The Hall–Kier alpha value is -1.02. The number of nitrogens with two attached hydrogens (primary N) is 1. The molecule has 70 valence electrons. The first-order valence-corrected chi connectivity index (χ1v) is 4.77. The molecule has 1 atom stereocenters. The lowest BCUT2D eigenvalue weighted by Crippen LogP contribution is -2.24. The van der Waals surface area contributed by atoms with Crippen molar-refractivity contribution in [1.82, 2.24) is 0 Å². The highest BCUT2D eigenvalue weighted by molar-refractivity contribution is 5.63. The van der Waals surface area contributed by atoms with E-state index in [0.29, 0.717) is 12.6 Å². The van der Waals surface area contributed by atoms with Gasteiger partial charge in [-0.05, 0) is 24.5 Å². The molecule has 0 saturated heterocycles. The smallest absolute Gasteiger partial charge is 0.0445 e. The Morgan fingerprint density at radius 3 is 3.00 bits per heavy atom. The van der Waals surface area contributed by atoms with Gasteiger partial charge in [0.15, 0.2) is 0 Å². The summed E-state index contributed by atoms with van der Waals surface area (Å²) in [7, 11) is 2.15. The predicted molar refractivity (Wildman–Crippen MR) is 55.9 cm³/mol. The molecule has 2 rings (SSSR count). The Bertz CT molecular complexity index is 320. The summed E-state index contributed by atoms with van der Waals surface area (Å²) >= 11 is 0. The summed E-state index contributed by atoms with van der Waals surface area (Å²) < 4.78 is 0. The SMILES string of the molecule is CC1Cc2cccc(CN)c2N1C. The van der Waals surface area contributed by atoms with Crippen LogP contribution in [0.25, 0.3) is 0 Å². The number of benzene rings is 1. The Morgan fingerprint density at radius 2 is 2.31 bits per heavy atom. The lowest BCUT2D eigenvalue weighted by atomic mass is 10.1. The molecular formula is C11H16N2. The highest BCUT2D eigenvalue weighted by atomic mass is 15.2. The molecule has 2 nitrogen and oxygen atoms in total. The van der Waals surface area contributed by atoms with Crippen LogP contribution < -0.4 is 10.6 Å². The average molecular weight is 176 g/mol. The molecule has 0 bridgehead atoms. The highest BCUT2D eigenvalue weighted by Crippen LogP contribution is 2.33. The van der Waals surface area contributed by atoms with E-state index in [2.05, 4.69) is 37.1 Å². The number of likely N-dealkylation sites (N-methyl/N-ethyl adjacent to an activating group) is 1. The van der Waals surface area contributed by atoms with Crippen LogP contribution in [0.2, 0.25) is 0 Å². The highest BCUT2D eigenvalue weighted by Gasteiger charge is 2.24. The molecule has 0 aliphatic carbocycles. The molecule has 1 heterocycles. The summed E-state index contributed by atoms with van der Waals surface area (Å²) in [6.07, 6.45) is 1.15. The summed E-state index contributed by atoms with van der Waals surface area (Å²) in [6.45, 7) is 2.89. The fourth-order valence-corrected chi connectivity index (χ4v) is 2.10. The molecular weight excluding hydrogens is 160 g/mol. The van der Waals surface area contributed by atoms with Gasteiger partial charge in [-0.25, -0.2) is 0 Å². The Kier molecular flexibility index (Phi) is 2.00. The first-order valence-electron chi connectivity index (χ1n) is 4.77. The van der Waals surface area contributed by atoms with E-state index in [-0.39, 0.29) is 0 Å². The molecule has 1 aromatic carbocycles. The topological polar surface area (TPSA) is 29.3 Å². The molecule has 2 heteroatoms. The van der Waals surface area contributed by atoms with Crippen molar-refractivity contribution < 1.29 is 0 Å². The standard InChI is InChI=1S/C11H16N2/c1-8-6-9-4-3-5-10(7-12)11(9)13(8)2/h3-5,8H,6-7,12H2,1-2H3. The third kappa shape index (κ3) is 1.22. The second kappa shape index (κ2) is 3.04. The molecule has 13 heavy (non-hydrogen) atoms. The largest absolute Gasteiger partial charge is 0.371 e. The van der Waals surface area contributed by atoms with Crippen molar-refractivity contribution in [2.24, 2.45) is 5.73 Å². The molecule has 1 aliphatic heterocycles. The minimum atomic E-state index is 0.614. The van der Waals surface area contributed by atoms with Crippen LogP contribution in [0.4, 0.5) is 5.69 Å². The van der Waals surface area contributed by atoms with Gasteiger partial charge in [0.2, 0.25) is 0 Å². The maximum atomic E-state index is 5.70. The van der Waals surface area contributed by atoms with E-state index in [1.165, 1.54) is 16.8 Å². The van der Waals surface area contributed by atoms with Crippen molar-refractivity contribution >= 4 is 5.69 Å². The fraction of sp³-hybridized carbons (Fsp3) is 0.455. The zero-order valence-electron chi connectivity index (χ0n) is 8.25. The molecule has 1 aromatic rings. The second-order valence-electron chi connectivity index (χ2n) is 3.79.